The van der Waals surface area contributed by atoms with Crippen molar-refractivity contribution in [3.05, 3.63) is 82.3 Å². The molecule has 0 heterocycles. The highest BCUT2D eigenvalue weighted by molar-refractivity contribution is 7.91. The van der Waals surface area contributed by atoms with Crippen molar-refractivity contribution in [2.75, 3.05) is 6.26 Å². The molecule has 0 fully saturated rings. The van der Waals surface area contributed by atoms with Crippen molar-refractivity contribution in [2.45, 2.75) is 15.5 Å². The maximum atomic E-state index is 12.7. The summed E-state index contributed by atoms with van der Waals surface area (Å²) in [4.78, 5) is 0.235. The van der Waals surface area contributed by atoms with E-state index in [0.717, 1.165) is 17.4 Å². The summed E-state index contributed by atoms with van der Waals surface area (Å²) in [5.41, 5.74) is 1.92. The molecule has 0 N–H and O–H groups in total. The van der Waals surface area contributed by atoms with E-state index in [9.17, 15) is 16.8 Å². The number of rotatable bonds is 5. The van der Waals surface area contributed by atoms with Crippen LogP contribution in [-0.4, -0.2) is 23.1 Å². The van der Waals surface area contributed by atoms with E-state index in [1.807, 2.05) is 0 Å². The Morgan fingerprint density at radius 3 is 2.07 bits per heavy atom. The van der Waals surface area contributed by atoms with Crippen molar-refractivity contribution in [3.8, 4) is 11.1 Å². The van der Waals surface area contributed by atoms with Crippen LogP contribution in [0.3, 0.4) is 0 Å². The van der Waals surface area contributed by atoms with Gasteiger partial charge in [0.1, 0.15) is 0 Å². The molecule has 0 atom stereocenters. The van der Waals surface area contributed by atoms with E-state index in [1.165, 1.54) is 30.3 Å². The van der Waals surface area contributed by atoms with Crippen molar-refractivity contribution in [2.24, 2.45) is 0 Å². The molecular weight excluding hydrogens is 439 g/mol. The van der Waals surface area contributed by atoms with Gasteiger partial charge in [-0.2, -0.15) is 0 Å². The van der Waals surface area contributed by atoms with Gasteiger partial charge in [-0.3, -0.25) is 0 Å². The van der Waals surface area contributed by atoms with Gasteiger partial charge in [0.2, 0.25) is 0 Å². The third-order valence-corrected chi connectivity index (χ3v) is 7.50. The Morgan fingerprint density at radius 1 is 0.786 bits per heavy atom. The number of hydrogen-bond acceptors (Lipinski definition) is 4. The standard InChI is InChI=1S/C20H16Cl2O4S2/c1-27(23,24)18-4-2-3-14(11-18)13-28(25,26)17-8-5-15(6-9-17)19-10-7-16(21)12-20(19)22/h2-12H,13H2,1H3. The number of sulfone groups is 2. The molecular formula is C20H16Cl2O4S2. The second-order valence-corrected chi connectivity index (χ2v) is 11.2. The van der Waals surface area contributed by atoms with Gasteiger partial charge in [-0.1, -0.05) is 53.5 Å². The van der Waals surface area contributed by atoms with E-state index in [1.54, 1.807) is 36.4 Å². The molecule has 0 aliphatic carbocycles. The minimum atomic E-state index is -3.64. The fourth-order valence-corrected chi connectivity index (χ4v) is 5.28. The molecule has 3 aromatic rings. The molecule has 4 nitrogen and oxygen atoms in total. The summed E-state index contributed by atoms with van der Waals surface area (Å²) in [6.45, 7) is 0. The largest absolute Gasteiger partial charge is 0.224 e. The zero-order valence-corrected chi connectivity index (χ0v) is 17.9. The first-order valence-corrected chi connectivity index (χ1v) is 12.4. The summed E-state index contributed by atoms with van der Waals surface area (Å²) < 4.78 is 48.8. The van der Waals surface area contributed by atoms with Gasteiger partial charge in [0, 0.05) is 21.9 Å². The van der Waals surface area contributed by atoms with Crippen molar-refractivity contribution >= 4 is 42.9 Å². The molecule has 8 heteroatoms. The molecule has 0 aliphatic heterocycles. The van der Waals surface area contributed by atoms with E-state index < -0.39 is 19.7 Å². The molecule has 0 aliphatic rings. The van der Waals surface area contributed by atoms with Gasteiger partial charge in [0.15, 0.2) is 19.7 Å². The average molecular weight is 455 g/mol. The number of hydrogen-bond donors (Lipinski definition) is 0. The van der Waals surface area contributed by atoms with Crippen LogP contribution in [0.2, 0.25) is 10.0 Å². The van der Waals surface area contributed by atoms with Crippen LogP contribution in [-0.2, 0) is 25.4 Å². The maximum Gasteiger partial charge on any atom is 0.182 e. The third-order valence-electron chi connectivity index (χ3n) is 4.14. The molecule has 0 amide bonds. The van der Waals surface area contributed by atoms with Gasteiger partial charge in [0.05, 0.1) is 15.5 Å². The Balaban J connectivity index is 1.89. The minimum absolute atomic E-state index is 0.0907. The lowest BCUT2D eigenvalue weighted by atomic mass is 10.1. The first-order chi connectivity index (χ1) is 13.1. The highest BCUT2D eigenvalue weighted by Crippen LogP contribution is 2.31. The van der Waals surface area contributed by atoms with E-state index in [0.29, 0.717) is 15.6 Å². The predicted molar refractivity (Wildman–Crippen MR) is 112 cm³/mol. The van der Waals surface area contributed by atoms with Crippen LogP contribution in [0.5, 0.6) is 0 Å². The Labute approximate surface area is 174 Å². The third kappa shape index (κ3) is 4.75. The second-order valence-electron chi connectivity index (χ2n) is 6.33. The minimum Gasteiger partial charge on any atom is -0.224 e. The Bertz CT molecular complexity index is 1230. The first kappa shape index (κ1) is 20.9. The van der Waals surface area contributed by atoms with Crippen LogP contribution < -0.4 is 0 Å². The van der Waals surface area contributed by atoms with Gasteiger partial charge in [-0.25, -0.2) is 16.8 Å². The van der Waals surface area contributed by atoms with Crippen LogP contribution in [0.25, 0.3) is 11.1 Å². The highest BCUT2D eigenvalue weighted by atomic mass is 35.5. The van der Waals surface area contributed by atoms with Gasteiger partial charge in [-0.15, -0.1) is 0 Å². The fourth-order valence-electron chi connectivity index (χ4n) is 2.73. The van der Waals surface area contributed by atoms with Crippen LogP contribution in [0.1, 0.15) is 5.56 Å². The van der Waals surface area contributed by atoms with Gasteiger partial charge < -0.3 is 0 Å². The zero-order valence-electron chi connectivity index (χ0n) is 14.8. The topological polar surface area (TPSA) is 68.3 Å². The van der Waals surface area contributed by atoms with Crippen molar-refractivity contribution in [3.63, 3.8) is 0 Å². The van der Waals surface area contributed by atoms with Crippen molar-refractivity contribution < 1.29 is 16.8 Å². The summed E-state index contributed by atoms with van der Waals surface area (Å²) in [7, 11) is -7.05. The summed E-state index contributed by atoms with van der Waals surface area (Å²) in [6.07, 6.45) is 1.08. The number of benzene rings is 3. The molecule has 3 rings (SSSR count). The lowest BCUT2D eigenvalue weighted by Crippen LogP contribution is -2.06. The summed E-state index contributed by atoms with van der Waals surface area (Å²) in [5, 5.41) is 0.991. The second kappa shape index (κ2) is 7.87. The lowest BCUT2D eigenvalue weighted by molar-refractivity contribution is 0.594. The smallest absolute Gasteiger partial charge is 0.182 e. The molecule has 0 unspecified atom stereocenters. The van der Waals surface area contributed by atoms with Crippen LogP contribution in [0, 0.1) is 0 Å². The summed E-state index contributed by atoms with van der Waals surface area (Å²) in [6, 6.07) is 17.4. The van der Waals surface area contributed by atoms with Gasteiger partial charge >= 0.3 is 0 Å². The molecule has 146 valence electrons. The lowest BCUT2D eigenvalue weighted by Gasteiger charge is -2.09. The molecule has 0 spiro atoms. The quantitative estimate of drug-likeness (QED) is 0.541. The van der Waals surface area contributed by atoms with E-state index in [2.05, 4.69) is 0 Å². The summed E-state index contributed by atoms with van der Waals surface area (Å²) >= 11 is 12.1. The van der Waals surface area contributed by atoms with E-state index in [4.69, 9.17) is 23.2 Å². The molecule has 3 aromatic carbocycles. The highest BCUT2D eigenvalue weighted by Gasteiger charge is 2.17. The van der Waals surface area contributed by atoms with E-state index >= 15 is 0 Å². The fraction of sp³-hybridized carbons (Fsp3) is 0.100. The molecule has 0 saturated heterocycles. The average Bonchev–Trinajstić information content (AvgIpc) is 2.61. The zero-order chi connectivity index (χ0) is 20.5. The SMILES string of the molecule is CS(=O)(=O)c1cccc(CS(=O)(=O)c2ccc(-c3ccc(Cl)cc3Cl)cc2)c1. The van der Waals surface area contributed by atoms with E-state index in [-0.39, 0.29) is 15.5 Å². The maximum absolute atomic E-state index is 12.7. The molecule has 0 bridgehead atoms. The predicted octanol–water partition coefficient (Wildman–Crippen LogP) is 5.04. The molecule has 0 radical (unpaired) electrons. The Kier molecular flexibility index (Phi) is 5.87. The van der Waals surface area contributed by atoms with Gasteiger partial charge in [-0.05, 0) is 47.5 Å². The Hall–Kier alpha value is -1.86. The van der Waals surface area contributed by atoms with Crippen LogP contribution >= 0.6 is 23.2 Å². The Morgan fingerprint density at radius 2 is 1.46 bits per heavy atom. The normalized spacial score (nSPS) is 12.1. The van der Waals surface area contributed by atoms with Crippen LogP contribution in [0.15, 0.2) is 76.5 Å². The number of halogens is 2. The monoisotopic (exact) mass is 454 g/mol. The molecule has 0 aromatic heterocycles. The van der Waals surface area contributed by atoms with Crippen molar-refractivity contribution in [1.29, 1.82) is 0 Å². The first-order valence-electron chi connectivity index (χ1n) is 8.13. The molecule has 28 heavy (non-hydrogen) atoms. The van der Waals surface area contributed by atoms with Gasteiger partial charge in [0.25, 0.3) is 0 Å². The van der Waals surface area contributed by atoms with Crippen molar-refractivity contribution in [1.82, 2.24) is 0 Å². The summed E-state index contributed by atoms with van der Waals surface area (Å²) in [5.74, 6) is -0.294. The molecule has 0 saturated carbocycles. The van der Waals surface area contributed by atoms with Crippen LogP contribution in [0.4, 0.5) is 0 Å².